The highest BCUT2D eigenvalue weighted by atomic mass is 16.5. The van der Waals surface area contributed by atoms with E-state index in [1.165, 1.54) is 0 Å². The number of nitriles is 1. The molecule has 0 aliphatic carbocycles. The molecule has 1 aliphatic heterocycles. The Balaban J connectivity index is 1.54. The zero-order valence-electron chi connectivity index (χ0n) is 18.9. The van der Waals surface area contributed by atoms with E-state index in [0.717, 1.165) is 37.2 Å². The minimum absolute atomic E-state index is 0.302. The van der Waals surface area contributed by atoms with Gasteiger partial charge in [0.05, 0.1) is 19.2 Å². The highest BCUT2D eigenvalue weighted by molar-refractivity contribution is 5.64. The average Bonchev–Trinajstić information content (AvgIpc) is 3.26. The van der Waals surface area contributed by atoms with Crippen molar-refractivity contribution < 1.29 is 9.47 Å². The van der Waals surface area contributed by atoms with E-state index < -0.39 is 0 Å². The standard InChI is InChI=1S/C24H29N7O2/c1-16-13-23(31-30-16)28-22-14-18(17-7-9-26-10-8-17)19(15-25)24(29-22)27-11-12-33-21-6-4-3-5-20(21)32-2/h3-6,13-14,17,26H,7-12H2,1-2H3,(H3,27,28,29,30,31). The van der Waals surface area contributed by atoms with Crippen LogP contribution in [0.4, 0.5) is 17.5 Å². The number of aromatic nitrogens is 3. The molecule has 0 amide bonds. The molecule has 4 N–H and O–H groups in total. The van der Waals surface area contributed by atoms with Gasteiger partial charge in [-0.2, -0.15) is 10.4 Å². The fourth-order valence-electron chi connectivity index (χ4n) is 4.01. The van der Waals surface area contributed by atoms with E-state index >= 15 is 0 Å². The summed E-state index contributed by atoms with van der Waals surface area (Å²) in [5.74, 6) is 3.55. The van der Waals surface area contributed by atoms with Crippen molar-refractivity contribution in [3.8, 4) is 17.6 Å². The molecule has 1 aliphatic rings. The summed E-state index contributed by atoms with van der Waals surface area (Å²) in [4.78, 5) is 4.69. The molecule has 9 heteroatoms. The van der Waals surface area contributed by atoms with Gasteiger partial charge in [-0.1, -0.05) is 12.1 Å². The van der Waals surface area contributed by atoms with Gasteiger partial charge in [0.25, 0.3) is 0 Å². The summed E-state index contributed by atoms with van der Waals surface area (Å²) in [6.45, 7) is 4.70. The number of piperidine rings is 1. The first-order chi connectivity index (χ1) is 16.2. The van der Waals surface area contributed by atoms with E-state index in [-0.39, 0.29) is 0 Å². The lowest BCUT2D eigenvalue weighted by Crippen LogP contribution is -2.27. The van der Waals surface area contributed by atoms with Crippen molar-refractivity contribution in [1.82, 2.24) is 20.5 Å². The summed E-state index contributed by atoms with van der Waals surface area (Å²) in [6.07, 6.45) is 1.96. The summed E-state index contributed by atoms with van der Waals surface area (Å²) < 4.78 is 11.2. The number of hydrogen-bond acceptors (Lipinski definition) is 8. The molecule has 0 spiro atoms. The number of aryl methyl sites for hydroxylation is 1. The molecule has 0 bridgehead atoms. The smallest absolute Gasteiger partial charge is 0.161 e. The van der Waals surface area contributed by atoms with E-state index in [2.05, 4.69) is 37.2 Å². The molecule has 33 heavy (non-hydrogen) atoms. The Bertz CT molecular complexity index is 1120. The number of methoxy groups -OCH3 is 1. The van der Waals surface area contributed by atoms with E-state index in [1.807, 2.05) is 43.3 Å². The monoisotopic (exact) mass is 447 g/mol. The van der Waals surface area contributed by atoms with Gasteiger partial charge in [0.1, 0.15) is 24.3 Å². The average molecular weight is 448 g/mol. The highest BCUT2D eigenvalue weighted by Crippen LogP contribution is 2.33. The lowest BCUT2D eigenvalue weighted by Gasteiger charge is -2.25. The Labute approximate surface area is 193 Å². The summed E-state index contributed by atoms with van der Waals surface area (Å²) in [6, 6.07) is 13.8. The topological polar surface area (TPSA) is 120 Å². The predicted octanol–water partition coefficient (Wildman–Crippen LogP) is 3.69. The Kier molecular flexibility index (Phi) is 7.27. The Morgan fingerprint density at radius 1 is 1.15 bits per heavy atom. The van der Waals surface area contributed by atoms with Crippen molar-refractivity contribution in [3.05, 3.63) is 53.2 Å². The van der Waals surface area contributed by atoms with Crippen LogP contribution in [0.5, 0.6) is 11.5 Å². The van der Waals surface area contributed by atoms with Crippen LogP contribution in [0.15, 0.2) is 36.4 Å². The number of nitrogens with zero attached hydrogens (tertiary/aromatic N) is 3. The highest BCUT2D eigenvalue weighted by Gasteiger charge is 2.22. The molecule has 0 radical (unpaired) electrons. The van der Waals surface area contributed by atoms with Gasteiger partial charge in [-0.25, -0.2) is 4.98 Å². The maximum atomic E-state index is 9.99. The van der Waals surface area contributed by atoms with Crippen LogP contribution in [0.25, 0.3) is 0 Å². The third-order valence-corrected chi connectivity index (χ3v) is 5.62. The minimum Gasteiger partial charge on any atom is -0.493 e. The lowest BCUT2D eigenvalue weighted by molar-refractivity contribution is 0.306. The fraction of sp³-hybridized carbons (Fsp3) is 0.375. The van der Waals surface area contributed by atoms with Gasteiger partial charge in [0.15, 0.2) is 17.3 Å². The predicted molar refractivity (Wildman–Crippen MR) is 127 cm³/mol. The van der Waals surface area contributed by atoms with Crippen molar-refractivity contribution in [3.63, 3.8) is 0 Å². The van der Waals surface area contributed by atoms with E-state index in [4.69, 9.17) is 9.47 Å². The van der Waals surface area contributed by atoms with Crippen LogP contribution in [0.2, 0.25) is 0 Å². The van der Waals surface area contributed by atoms with E-state index in [9.17, 15) is 5.26 Å². The molecule has 0 saturated carbocycles. The quantitative estimate of drug-likeness (QED) is 0.367. The second kappa shape index (κ2) is 10.7. The number of aromatic amines is 1. The first-order valence-corrected chi connectivity index (χ1v) is 11.1. The molecule has 0 unspecified atom stereocenters. The van der Waals surface area contributed by atoms with Crippen molar-refractivity contribution >= 4 is 17.5 Å². The minimum atomic E-state index is 0.302. The molecular weight excluding hydrogens is 418 g/mol. The van der Waals surface area contributed by atoms with Crippen LogP contribution in [0.3, 0.4) is 0 Å². The number of hydrogen-bond donors (Lipinski definition) is 4. The zero-order chi connectivity index (χ0) is 23.0. The van der Waals surface area contributed by atoms with Crippen LogP contribution in [-0.2, 0) is 0 Å². The van der Waals surface area contributed by atoms with Crippen molar-refractivity contribution in [1.29, 1.82) is 5.26 Å². The number of anilines is 3. The zero-order valence-corrected chi connectivity index (χ0v) is 18.9. The number of rotatable bonds is 9. The van der Waals surface area contributed by atoms with Gasteiger partial charge in [-0.05, 0) is 62.5 Å². The summed E-state index contributed by atoms with van der Waals surface area (Å²) in [5.41, 5.74) is 2.55. The lowest BCUT2D eigenvalue weighted by atomic mass is 9.87. The Hall–Kier alpha value is -3.77. The molecule has 1 fully saturated rings. The molecule has 4 rings (SSSR count). The Morgan fingerprint density at radius 3 is 2.64 bits per heavy atom. The maximum Gasteiger partial charge on any atom is 0.161 e. The SMILES string of the molecule is COc1ccccc1OCCNc1nc(Nc2cc(C)[nH]n2)cc(C2CCNCC2)c1C#N. The van der Waals surface area contributed by atoms with Gasteiger partial charge in [0, 0.05) is 11.8 Å². The third-order valence-electron chi connectivity index (χ3n) is 5.62. The van der Waals surface area contributed by atoms with E-state index in [0.29, 0.717) is 53.6 Å². The summed E-state index contributed by atoms with van der Waals surface area (Å²) in [5, 5.41) is 27.1. The first kappa shape index (κ1) is 22.4. The van der Waals surface area contributed by atoms with Crippen molar-refractivity contribution in [2.45, 2.75) is 25.7 Å². The second-order valence-corrected chi connectivity index (χ2v) is 7.94. The number of ether oxygens (including phenoxy) is 2. The van der Waals surface area contributed by atoms with Crippen LogP contribution in [0, 0.1) is 18.3 Å². The molecule has 1 aromatic carbocycles. The van der Waals surface area contributed by atoms with Gasteiger partial charge < -0.3 is 25.4 Å². The fourth-order valence-corrected chi connectivity index (χ4v) is 4.01. The second-order valence-electron chi connectivity index (χ2n) is 7.94. The number of pyridine rings is 1. The molecule has 2 aromatic heterocycles. The van der Waals surface area contributed by atoms with Gasteiger partial charge in [-0.15, -0.1) is 0 Å². The third kappa shape index (κ3) is 5.54. The number of para-hydroxylation sites is 2. The van der Waals surface area contributed by atoms with E-state index in [1.54, 1.807) is 7.11 Å². The van der Waals surface area contributed by atoms with Crippen LogP contribution in [0.1, 0.15) is 35.6 Å². The number of H-pyrrole nitrogens is 1. The van der Waals surface area contributed by atoms with Gasteiger partial charge in [0.2, 0.25) is 0 Å². The number of nitrogens with one attached hydrogen (secondary N) is 4. The normalized spacial score (nSPS) is 13.8. The van der Waals surface area contributed by atoms with Crippen LogP contribution < -0.4 is 25.4 Å². The molecule has 1 saturated heterocycles. The van der Waals surface area contributed by atoms with Crippen molar-refractivity contribution in [2.24, 2.45) is 0 Å². The molecule has 172 valence electrons. The number of benzene rings is 1. The van der Waals surface area contributed by atoms with Crippen molar-refractivity contribution in [2.75, 3.05) is 44.0 Å². The molecule has 9 nitrogen and oxygen atoms in total. The van der Waals surface area contributed by atoms with Gasteiger partial charge >= 0.3 is 0 Å². The molecule has 3 heterocycles. The summed E-state index contributed by atoms with van der Waals surface area (Å²) in [7, 11) is 1.62. The molecule has 3 aromatic rings. The maximum absolute atomic E-state index is 9.99. The first-order valence-electron chi connectivity index (χ1n) is 11.1. The molecular formula is C24H29N7O2. The van der Waals surface area contributed by atoms with Gasteiger partial charge in [-0.3, -0.25) is 5.10 Å². The van der Waals surface area contributed by atoms with Crippen LogP contribution >= 0.6 is 0 Å². The van der Waals surface area contributed by atoms with Crippen LogP contribution in [-0.4, -0.2) is 48.5 Å². The largest absolute Gasteiger partial charge is 0.493 e. The summed E-state index contributed by atoms with van der Waals surface area (Å²) >= 11 is 0. The Morgan fingerprint density at radius 2 is 1.94 bits per heavy atom. The molecule has 0 atom stereocenters.